The number of ether oxygens (including phenoxy) is 1. The van der Waals surface area contributed by atoms with Crippen molar-refractivity contribution in [2.75, 3.05) is 26.2 Å². The van der Waals surface area contributed by atoms with Gasteiger partial charge in [-0.3, -0.25) is 4.99 Å². The molecule has 1 fully saturated rings. The van der Waals surface area contributed by atoms with E-state index >= 15 is 0 Å². The number of allylic oxidation sites excluding steroid dienone is 2. The third-order valence-corrected chi connectivity index (χ3v) is 3.75. The molecule has 1 aliphatic heterocycles. The van der Waals surface area contributed by atoms with E-state index < -0.39 is 0 Å². The predicted molar refractivity (Wildman–Crippen MR) is 79.4 cm³/mol. The van der Waals surface area contributed by atoms with Crippen molar-refractivity contribution >= 4 is 5.96 Å². The summed E-state index contributed by atoms with van der Waals surface area (Å²) in [5.41, 5.74) is 0. The second-order valence-corrected chi connectivity index (χ2v) is 5.39. The van der Waals surface area contributed by atoms with Crippen molar-refractivity contribution in [3.8, 4) is 0 Å². The molecule has 1 heterocycles. The second-order valence-electron chi connectivity index (χ2n) is 5.39. The maximum Gasteiger partial charge on any atom is 0.191 e. The van der Waals surface area contributed by atoms with Crippen molar-refractivity contribution in [3.05, 3.63) is 12.2 Å². The molecule has 2 aliphatic rings. The average Bonchev–Trinajstić information content (AvgIpc) is 2.96. The van der Waals surface area contributed by atoms with E-state index in [9.17, 15) is 0 Å². The maximum atomic E-state index is 5.62. The first-order valence-electron chi connectivity index (χ1n) is 7.67. The molecule has 2 rings (SSSR count). The molecular weight excluding hydrogens is 238 g/mol. The standard InChI is InChI=1S/C15H27N3O/c1-2-16-15(18-12-14-9-6-10-19-14)17-11-13-7-4-3-5-8-13/h3-4,13-14H,2,5-12H2,1H3,(H2,16,17,18). The topological polar surface area (TPSA) is 45.7 Å². The van der Waals surface area contributed by atoms with Crippen LogP contribution in [0.5, 0.6) is 0 Å². The fourth-order valence-corrected chi connectivity index (χ4v) is 2.60. The monoisotopic (exact) mass is 265 g/mol. The van der Waals surface area contributed by atoms with Crippen molar-refractivity contribution in [1.29, 1.82) is 0 Å². The number of guanidine groups is 1. The number of hydrogen-bond donors (Lipinski definition) is 2. The van der Waals surface area contributed by atoms with Gasteiger partial charge in [0.25, 0.3) is 0 Å². The Hall–Kier alpha value is -1.03. The van der Waals surface area contributed by atoms with E-state index in [2.05, 4.69) is 29.7 Å². The third-order valence-electron chi connectivity index (χ3n) is 3.75. The molecule has 4 nitrogen and oxygen atoms in total. The molecule has 108 valence electrons. The summed E-state index contributed by atoms with van der Waals surface area (Å²) in [5, 5.41) is 6.71. The number of nitrogens with one attached hydrogen (secondary N) is 2. The summed E-state index contributed by atoms with van der Waals surface area (Å²) in [6.07, 6.45) is 10.9. The number of hydrogen-bond acceptors (Lipinski definition) is 2. The Balaban J connectivity index is 1.74. The number of aliphatic imine (C=N–C) groups is 1. The van der Waals surface area contributed by atoms with Gasteiger partial charge < -0.3 is 15.4 Å². The van der Waals surface area contributed by atoms with Crippen LogP contribution in [0.25, 0.3) is 0 Å². The highest BCUT2D eigenvalue weighted by atomic mass is 16.5. The second kappa shape index (κ2) is 8.20. The molecule has 2 N–H and O–H groups in total. The largest absolute Gasteiger partial charge is 0.376 e. The lowest BCUT2D eigenvalue weighted by Crippen LogP contribution is -2.41. The van der Waals surface area contributed by atoms with Crippen LogP contribution in [-0.2, 0) is 4.74 Å². The van der Waals surface area contributed by atoms with Gasteiger partial charge in [0.1, 0.15) is 0 Å². The van der Waals surface area contributed by atoms with E-state index in [0.717, 1.165) is 32.2 Å². The SMILES string of the molecule is CCNC(=NCC1CC=CCC1)NCC1CCCO1. The van der Waals surface area contributed by atoms with E-state index in [1.165, 1.54) is 32.1 Å². The maximum absolute atomic E-state index is 5.62. The molecule has 0 amide bonds. The van der Waals surface area contributed by atoms with Gasteiger partial charge in [-0.1, -0.05) is 12.2 Å². The molecule has 2 unspecified atom stereocenters. The van der Waals surface area contributed by atoms with Gasteiger partial charge in [0, 0.05) is 26.2 Å². The Morgan fingerprint density at radius 2 is 2.26 bits per heavy atom. The molecule has 0 bridgehead atoms. The summed E-state index contributed by atoms with van der Waals surface area (Å²) in [6, 6.07) is 0. The molecule has 4 heteroatoms. The summed E-state index contributed by atoms with van der Waals surface area (Å²) >= 11 is 0. The molecule has 19 heavy (non-hydrogen) atoms. The molecular formula is C15H27N3O. The Kier molecular flexibility index (Phi) is 6.21. The van der Waals surface area contributed by atoms with Gasteiger partial charge in [0.05, 0.1) is 6.10 Å². The number of rotatable bonds is 5. The van der Waals surface area contributed by atoms with Gasteiger partial charge in [-0.25, -0.2) is 0 Å². The lowest BCUT2D eigenvalue weighted by molar-refractivity contribution is 0.114. The highest BCUT2D eigenvalue weighted by Crippen LogP contribution is 2.18. The van der Waals surface area contributed by atoms with Crippen LogP contribution < -0.4 is 10.6 Å². The zero-order chi connectivity index (χ0) is 13.3. The van der Waals surface area contributed by atoms with Gasteiger partial charge in [0.2, 0.25) is 0 Å². The lowest BCUT2D eigenvalue weighted by atomic mass is 9.95. The first kappa shape index (κ1) is 14.4. The van der Waals surface area contributed by atoms with Crippen molar-refractivity contribution in [2.45, 2.75) is 45.1 Å². The van der Waals surface area contributed by atoms with Gasteiger partial charge in [-0.15, -0.1) is 0 Å². The molecule has 0 saturated carbocycles. The molecule has 1 saturated heterocycles. The molecule has 0 spiro atoms. The normalized spacial score (nSPS) is 27.5. The van der Waals surface area contributed by atoms with Crippen LogP contribution in [0.15, 0.2) is 17.1 Å². The third kappa shape index (κ3) is 5.23. The minimum atomic E-state index is 0.362. The molecule has 0 aromatic heterocycles. The van der Waals surface area contributed by atoms with E-state index in [1.54, 1.807) is 0 Å². The lowest BCUT2D eigenvalue weighted by Gasteiger charge is -2.18. The predicted octanol–water partition coefficient (Wildman–Crippen LogP) is 2.08. The van der Waals surface area contributed by atoms with Crippen molar-refractivity contribution in [2.24, 2.45) is 10.9 Å². The first-order valence-corrected chi connectivity index (χ1v) is 7.67. The molecule has 2 atom stereocenters. The van der Waals surface area contributed by atoms with Crippen LogP contribution in [-0.4, -0.2) is 38.3 Å². The average molecular weight is 265 g/mol. The van der Waals surface area contributed by atoms with E-state index in [-0.39, 0.29) is 0 Å². The quantitative estimate of drug-likeness (QED) is 0.454. The summed E-state index contributed by atoms with van der Waals surface area (Å²) in [4.78, 5) is 4.70. The Morgan fingerprint density at radius 3 is 2.95 bits per heavy atom. The zero-order valence-corrected chi connectivity index (χ0v) is 12.0. The van der Waals surface area contributed by atoms with Crippen LogP contribution >= 0.6 is 0 Å². The van der Waals surface area contributed by atoms with E-state index in [4.69, 9.17) is 9.73 Å². The van der Waals surface area contributed by atoms with Gasteiger partial charge in [0.15, 0.2) is 5.96 Å². The van der Waals surface area contributed by atoms with Crippen molar-refractivity contribution in [3.63, 3.8) is 0 Å². The summed E-state index contributed by atoms with van der Waals surface area (Å²) < 4.78 is 5.62. The van der Waals surface area contributed by atoms with E-state index in [1.807, 2.05) is 0 Å². The molecule has 0 aromatic carbocycles. The van der Waals surface area contributed by atoms with Crippen molar-refractivity contribution < 1.29 is 4.74 Å². The van der Waals surface area contributed by atoms with Crippen LogP contribution in [0, 0.1) is 5.92 Å². The van der Waals surface area contributed by atoms with Crippen molar-refractivity contribution in [1.82, 2.24) is 10.6 Å². The van der Waals surface area contributed by atoms with Gasteiger partial charge in [-0.05, 0) is 44.9 Å². The Bertz CT molecular complexity index is 309. The summed E-state index contributed by atoms with van der Waals surface area (Å²) in [7, 11) is 0. The van der Waals surface area contributed by atoms with Gasteiger partial charge in [-0.2, -0.15) is 0 Å². The first-order chi connectivity index (χ1) is 9.38. The Labute approximate surface area is 116 Å². The smallest absolute Gasteiger partial charge is 0.191 e. The fraction of sp³-hybridized carbons (Fsp3) is 0.800. The molecule has 0 aromatic rings. The highest BCUT2D eigenvalue weighted by Gasteiger charge is 2.15. The van der Waals surface area contributed by atoms with Crippen LogP contribution in [0.3, 0.4) is 0 Å². The summed E-state index contributed by atoms with van der Waals surface area (Å²) in [6.45, 7) is 5.71. The minimum absolute atomic E-state index is 0.362. The Morgan fingerprint density at radius 1 is 1.32 bits per heavy atom. The van der Waals surface area contributed by atoms with E-state index in [0.29, 0.717) is 12.0 Å². The highest BCUT2D eigenvalue weighted by molar-refractivity contribution is 5.79. The molecule has 1 aliphatic carbocycles. The van der Waals surface area contributed by atoms with Gasteiger partial charge >= 0.3 is 0 Å². The summed E-state index contributed by atoms with van der Waals surface area (Å²) in [5.74, 6) is 1.65. The number of nitrogens with zero attached hydrogens (tertiary/aromatic N) is 1. The molecule has 0 radical (unpaired) electrons. The fourth-order valence-electron chi connectivity index (χ4n) is 2.60. The van der Waals surface area contributed by atoms with Crippen LogP contribution in [0.1, 0.15) is 39.0 Å². The van der Waals surface area contributed by atoms with Crippen LogP contribution in [0.2, 0.25) is 0 Å². The van der Waals surface area contributed by atoms with Crippen LogP contribution in [0.4, 0.5) is 0 Å². The zero-order valence-electron chi connectivity index (χ0n) is 12.0. The minimum Gasteiger partial charge on any atom is -0.376 e.